The van der Waals surface area contributed by atoms with Gasteiger partial charge in [0.15, 0.2) is 11.5 Å². The fourth-order valence-corrected chi connectivity index (χ4v) is 2.98. The highest BCUT2D eigenvalue weighted by Crippen LogP contribution is 2.41. The molecular formula is C15H19NO6. The summed E-state index contributed by atoms with van der Waals surface area (Å²) < 4.78 is 10.6. The second-order valence-corrected chi connectivity index (χ2v) is 5.22. The predicted molar refractivity (Wildman–Crippen MR) is 77.5 cm³/mol. The number of hydrogen-bond donors (Lipinski definition) is 2. The molecule has 0 aromatic heterocycles. The zero-order valence-electron chi connectivity index (χ0n) is 12.5. The van der Waals surface area contributed by atoms with Gasteiger partial charge in [-0.2, -0.15) is 0 Å². The summed E-state index contributed by atoms with van der Waals surface area (Å²) in [4.78, 5) is 24.0. The van der Waals surface area contributed by atoms with E-state index < -0.39 is 17.9 Å². The number of para-hydroxylation sites is 1. The number of ether oxygens (including phenoxy) is 2. The molecule has 0 unspecified atom stereocenters. The topological polar surface area (TPSA) is 96.3 Å². The van der Waals surface area contributed by atoms with Crippen molar-refractivity contribution in [1.29, 1.82) is 0 Å². The number of rotatable bonds is 6. The highest BCUT2D eigenvalue weighted by molar-refractivity contribution is 5.74. The fourth-order valence-electron chi connectivity index (χ4n) is 2.98. The first-order valence-corrected chi connectivity index (χ1v) is 6.85. The van der Waals surface area contributed by atoms with E-state index in [1.165, 1.54) is 14.2 Å². The summed E-state index contributed by atoms with van der Waals surface area (Å²) in [5.41, 5.74) is 0.724. The molecule has 0 bridgehead atoms. The van der Waals surface area contributed by atoms with Crippen molar-refractivity contribution in [2.24, 2.45) is 5.92 Å². The molecule has 1 fully saturated rings. The number of likely N-dealkylation sites (tertiary alicyclic amines) is 1. The lowest BCUT2D eigenvalue weighted by molar-refractivity contribution is -0.142. The third-order valence-corrected chi connectivity index (χ3v) is 3.90. The fraction of sp³-hybridized carbons (Fsp3) is 0.467. The van der Waals surface area contributed by atoms with Gasteiger partial charge in [0.25, 0.3) is 0 Å². The van der Waals surface area contributed by atoms with Crippen molar-refractivity contribution in [1.82, 2.24) is 4.90 Å². The second-order valence-electron chi connectivity index (χ2n) is 5.22. The van der Waals surface area contributed by atoms with E-state index in [9.17, 15) is 14.7 Å². The summed E-state index contributed by atoms with van der Waals surface area (Å²) in [6.45, 7) is 0.381. The maximum absolute atomic E-state index is 11.5. The molecule has 1 saturated heterocycles. The first-order chi connectivity index (χ1) is 10.5. The monoisotopic (exact) mass is 309 g/mol. The van der Waals surface area contributed by atoms with Crippen molar-refractivity contribution in [3.63, 3.8) is 0 Å². The number of carboxylic acids is 2. The molecule has 7 nitrogen and oxygen atoms in total. The van der Waals surface area contributed by atoms with Gasteiger partial charge in [-0.15, -0.1) is 0 Å². The molecule has 2 atom stereocenters. The Labute approximate surface area is 128 Å². The van der Waals surface area contributed by atoms with Crippen molar-refractivity contribution >= 4 is 11.9 Å². The zero-order chi connectivity index (χ0) is 16.3. The van der Waals surface area contributed by atoms with Crippen LogP contribution in [0.3, 0.4) is 0 Å². The van der Waals surface area contributed by atoms with Gasteiger partial charge < -0.3 is 19.7 Å². The van der Waals surface area contributed by atoms with Gasteiger partial charge in [-0.05, 0) is 6.07 Å². The summed E-state index contributed by atoms with van der Waals surface area (Å²) >= 11 is 0. The largest absolute Gasteiger partial charge is 0.493 e. The number of methoxy groups -OCH3 is 2. The van der Waals surface area contributed by atoms with Crippen molar-refractivity contribution in [3.8, 4) is 11.5 Å². The number of benzene rings is 1. The summed E-state index contributed by atoms with van der Waals surface area (Å²) in [6, 6.07) is 5.31. The standard InChI is InChI=1S/C15H19NO6/c1-21-12-5-3-4-9(14(12)22-2)10-6-16(8-13(17)18)7-11(10)15(19)20/h3-5,10-11H,6-8H2,1-2H3,(H,17,18)(H,19,20)/t10-,11+/m0/s1. The molecule has 2 rings (SSSR count). The van der Waals surface area contributed by atoms with Crippen LogP contribution in [0.25, 0.3) is 0 Å². The van der Waals surface area contributed by atoms with Crippen LogP contribution >= 0.6 is 0 Å². The van der Waals surface area contributed by atoms with Crippen LogP contribution in [-0.4, -0.2) is 60.9 Å². The van der Waals surface area contributed by atoms with Crippen LogP contribution in [0.4, 0.5) is 0 Å². The Morgan fingerprint density at radius 3 is 2.50 bits per heavy atom. The molecule has 0 spiro atoms. The van der Waals surface area contributed by atoms with Crippen LogP contribution in [-0.2, 0) is 9.59 Å². The maximum Gasteiger partial charge on any atom is 0.317 e. The second kappa shape index (κ2) is 6.65. The molecule has 0 aliphatic carbocycles. The van der Waals surface area contributed by atoms with E-state index in [1.807, 2.05) is 0 Å². The Hall–Kier alpha value is -2.28. The summed E-state index contributed by atoms with van der Waals surface area (Å²) in [5, 5.41) is 18.3. The van der Waals surface area contributed by atoms with Crippen molar-refractivity contribution in [2.45, 2.75) is 5.92 Å². The molecule has 1 aliphatic heterocycles. The van der Waals surface area contributed by atoms with Crippen LogP contribution in [0.1, 0.15) is 11.5 Å². The number of aliphatic carboxylic acids is 2. The number of nitrogens with zero attached hydrogens (tertiary/aromatic N) is 1. The smallest absolute Gasteiger partial charge is 0.317 e. The van der Waals surface area contributed by atoms with Gasteiger partial charge in [-0.25, -0.2) is 0 Å². The predicted octanol–water partition coefficient (Wildman–Crippen LogP) is 0.888. The molecule has 0 saturated carbocycles. The van der Waals surface area contributed by atoms with Gasteiger partial charge in [0.05, 0.1) is 26.7 Å². The molecule has 1 heterocycles. The quantitative estimate of drug-likeness (QED) is 0.805. The van der Waals surface area contributed by atoms with Crippen LogP contribution in [0.2, 0.25) is 0 Å². The van der Waals surface area contributed by atoms with Crippen LogP contribution in [0, 0.1) is 5.92 Å². The molecule has 1 aromatic carbocycles. The first kappa shape index (κ1) is 16.1. The van der Waals surface area contributed by atoms with Gasteiger partial charge in [-0.1, -0.05) is 12.1 Å². The summed E-state index contributed by atoms with van der Waals surface area (Å²) in [5.74, 6) is -1.91. The highest BCUT2D eigenvalue weighted by atomic mass is 16.5. The van der Waals surface area contributed by atoms with E-state index in [1.54, 1.807) is 23.1 Å². The first-order valence-electron chi connectivity index (χ1n) is 6.85. The lowest BCUT2D eigenvalue weighted by atomic mass is 9.88. The maximum atomic E-state index is 11.5. The van der Waals surface area contributed by atoms with Crippen LogP contribution in [0.15, 0.2) is 18.2 Å². The number of carboxylic acid groups (broad SMARTS) is 2. The summed E-state index contributed by atoms with van der Waals surface area (Å²) in [7, 11) is 3.02. The normalized spacial score (nSPS) is 21.5. The minimum atomic E-state index is -0.970. The van der Waals surface area contributed by atoms with Crippen LogP contribution < -0.4 is 9.47 Å². The minimum Gasteiger partial charge on any atom is -0.493 e. The summed E-state index contributed by atoms with van der Waals surface area (Å²) in [6.07, 6.45) is 0. The van der Waals surface area contributed by atoms with E-state index in [4.69, 9.17) is 14.6 Å². The lowest BCUT2D eigenvalue weighted by Gasteiger charge is -2.20. The van der Waals surface area contributed by atoms with Crippen molar-refractivity contribution < 1.29 is 29.3 Å². The molecule has 22 heavy (non-hydrogen) atoms. The Morgan fingerprint density at radius 1 is 1.23 bits per heavy atom. The van der Waals surface area contributed by atoms with Gasteiger partial charge >= 0.3 is 11.9 Å². The van der Waals surface area contributed by atoms with Crippen molar-refractivity contribution in [2.75, 3.05) is 33.9 Å². The third-order valence-electron chi connectivity index (χ3n) is 3.90. The number of carbonyl (C=O) groups is 2. The van der Waals surface area contributed by atoms with Crippen LogP contribution in [0.5, 0.6) is 11.5 Å². The SMILES string of the molecule is COc1cccc([C@@H]2CN(CC(=O)O)C[C@H]2C(=O)O)c1OC. The number of hydrogen-bond acceptors (Lipinski definition) is 5. The Bertz CT molecular complexity index is 573. The zero-order valence-corrected chi connectivity index (χ0v) is 12.5. The molecule has 0 radical (unpaired) electrons. The average Bonchev–Trinajstić information content (AvgIpc) is 2.89. The molecule has 2 N–H and O–H groups in total. The van der Waals surface area contributed by atoms with Gasteiger partial charge in [-0.3, -0.25) is 14.5 Å². The molecule has 7 heteroatoms. The Kier molecular flexibility index (Phi) is 4.87. The van der Waals surface area contributed by atoms with E-state index in [0.717, 1.165) is 5.56 Å². The van der Waals surface area contributed by atoms with Crippen molar-refractivity contribution in [3.05, 3.63) is 23.8 Å². The Balaban J connectivity index is 2.36. The molecule has 120 valence electrons. The van der Waals surface area contributed by atoms with E-state index in [0.29, 0.717) is 18.0 Å². The average molecular weight is 309 g/mol. The highest BCUT2D eigenvalue weighted by Gasteiger charge is 2.40. The molecular weight excluding hydrogens is 290 g/mol. The van der Waals surface area contributed by atoms with Gasteiger partial charge in [0, 0.05) is 24.6 Å². The minimum absolute atomic E-state index is 0.174. The van der Waals surface area contributed by atoms with E-state index in [-0.39, 0.29) is 19.0 Å². The van der Waals surface area contributed by atoms with E-state index in [2.05, 4.69) is 0 Å². The molecule has 1 aromatic rings. The molecule has 0 amide bonds. The third kappa shape index (κ3) is 3.14. The Morgan fingerprint density at radius 2 is 1.95 bits per heavy atom. The van der Waals surface area contributed by atoms with Gasteiger partial charge in [0.1, 0.15) is 0 Å². The molecule has 1 aliphatic rings. The van der Waals surface area contributed by atoms with Gasteiger partial charge in [0.2, 0.25) is 0 Å². The lowest BCUT2D eigenvalue weighted by Crippen LogP contribution is -2.28. The van der Waals surface area contributed by atoms with E-state index >= 15 is 0 Å².